The quantitative estimate of drug-likeness (QED) is 0.338. The summed E-state index contributed by atoms with van der Waals surface area (Å²) in [4.78, 5) is 25.6. The van der Waals surface area contributed by atoms with Gasteiger partial charge in [0.05, 0.1) is 18.8 Å². The van der Waals surface area contributed by atoms with Crippen molar-refractivity contribution in [2.45, 2.75) is 65.3 Å². The monoisotopic (exact) mass is 520 g/mol. The number of aliphatic hydroxyl groups excluding tert-OH is 1. The molecule has 1 aliphatic heterocycles. The zero-order chi connectivity index (χ0) is 26.0. The van der Waals surface area contributed by atoms with Crippen LogP contribution in [0.25, 0.3) is 27.1 Å². The molecule has 2 fully saturated rings. The molecule has 5 heterocycles. The van der Waals surface area contributed by atoms with Gasteiger partial charge in [-0.2, -0.15) is 5.10 Å². The first-order valence-electron chi connectivity index (χ1n) is 13.3. The van der Waals surface area contributed by atoms with E-state index in [-0.39, 0.29) is 12.5 Å². The Hall–Kier alpha value is -2.75. The number of aryl methyl sites for hydroxylation is 2. The molecule has 1 aliphatic carbocycles. The van der Waals surface area contributed by atoms with Crippen LogP contribution in [0.4, 0.5) is 0 Å². The van der Waals surface area contributed by atoms with E-state index in [1.165, 1.54) is 49.5 Å². The summed E-state index contributed by atoms with van der Waals surface area (Å²) in [6, 6.07) is 0.467. The van der Waals surface area contributed by atoms with Crippen LogP contribution in [0.2, 0.25) is 0 Å². The van der Waals surface area contributed by atoms with Crippen LogP contribution in [0.3, 0.4) is 0 Å². The van der Waals surface area contributed by atoms with Gasteiger partial charge in [-0.1, -0.05) is 13.8 Å². The lowest BCUT2D eigenvalue weighted by atomic mass is 9.88. The molecule has 2 bridgehead atoms. The third kappa shape index (κ3) is 3.90. The fraction of sp³-hybridized carbons (Fsp3) is 0.536. The predicted octanol–water partition coefficient (Wildman–Crippen LogP) is 4.27. The third-order valence-electron chi connectivity index (χ3n) is 8.71. The maximum Gasteiger partial charge on any atom is 0.234 e. The lowest BCUT2D eigenvalue weighted by molar-refractivity contribution is -0.122. The molecule has 196 valence electrons. The molecule has 1 amide bonds. The van der Waals surface area contributed by atoms with E-state index >= 15 is 0 Å². The number of piperidine rings is 1. The summed E-state index contributed by atoms with van der Waals surface area (Å²) in [7, 11) is 0. The Morgan fingerprint density at radius 3 is 2.76 bits per heavy atom. The van der Waals surface area contributed by atoms with Crippen LogP contribution in [0.1, 0.15) is 65.7 Å². The Labute approximate surface area is 221 Å². The maximum absolute atomic E-state index is 12.2. The summed E-state index contributed by atoms with van der Waals surface area (Å²) in [6.07, 6.45) is 6.02. The van der Waals surface area contributed by atoms with Gasteiger partial charge in [0.1, 0.15) is 11.2 Å². The van der Waals surface area contributed by atoms with Gasteiger partial charge in [-0.3, -0.25) is 9.69 Å². The van der Waals surface area contributed by atoms with Crippen molar-refractivity contribution in [2.24, 2.45) is 5.92 Å². The Morgan fingerprint density at radius 1 is 1.24 bits per heavy atom. The fourth-order valence-corrected chi connectivity index (χ4v) is 8.28. The van der Waals surface area contributed by atoms with Crippen molar-refractivity contribution >= 4 is 33.1 Å². The zero-order valence-electron chi connectivity index (χ0n) is 22.3. The zero-order valence-corrected chi connectivity index (χ0v) is 23.1. The Kier molecular flexibility index (Phi) is 6.12. The van der Waals surface area contributed by atoms with E-state index in [1.807, 2.05) is 15.9 Å². The molecule has 4 aromatic rings. The van der Waals surface area contributed by atoms with Crippen LogP contribution in [-0.4, -0.2) is 67.8 Å². The molecule has 4 aromatic heterocycles. The standard InChI is InChI=1S/C28H36N6O2S/c1-14(2)23-24-17(5)26(20-9-19-8-18(20)10-33(19)12-22(36)29-6-7-35)37-28(24)32-25(23)21-11-34-27(30-13-31-34)16(4)15(21)3/h11,13-14,18-20,32,35H,6-10,12H2,1-5H3,(H,29,36)/t18-,19-,20+/m0/s1. The van der Waals surface area contributed by atoms with Gasteiger partial charge in [0, 0.05) is 41.2 Å². The van der Waals surface area contributed by atoms with Crippen molar-refractivity contribution in [1.82, 2.24) is 29.8 Å². The topological polar surface area (TPSA) is 98.5 Å². The lowest BCUT2D eigenvalue weighted by Gasteiger charge is -2.31. The second-order valence-corrected chi connectivity index (χ2v) is 12.2. The SMILES string of the molecule is Cc1c(-c2[nH]c3sc([C@@H]4C[C@@H]5C[C@H]4CN5CC(=O)NCCO)c(C)c3c2C(C)C)cn2ncnc2c1C. The first-order chi connectivity index (χ1) is 17.8. The largest absolute Gasteiger partial charge is 0.395 e. The molecule has 3 atom stereocenters. The van der Waals surface area contributed by atoms with Crippen LogP contribution in [0, 0.1) is 26.7 Å². The number of carbonyl (C=O) groups is 1. The molecular formula is C28H36N6O2S. The van der Waals surface area contributed by atoms with E-state index in [0.29, 0.717) is 36.9 Å². The number of fused-ring (bicyclic) bond motifs is 4. The smallest absolute Gasteiger partial charge is 0.234 e. The first kappa shape index (κ1) is 24.6. The van der Waals surface area contributed by atoms with E-state index in [9.17, 15) is 4.79 Å². The van der Waals surface area contributed by atoms with Gasteiger partial charge in [0.15, 0.2) is 5.65 Å². The second kappa shape index (κ2) is 9.22. The average Bonchev–Trinajstić information content (AvgIpc) is 3.67. The summed E-state index contributed by atoms with van der Waals surface area (Å²) in [5.41, 5.74) is 8.53. The van der Waals surface area contributed by atoms with Crippen molar-refractivity contribution in [3.05, 3.63) is 39.7 Å². The molecule has 6 rings (SSSR count). The summed E-state index contributed by atoms with van der Waals surface area (Å²) in [5.74, 6) is 1.55. The average molecular weight is 521 g/mol. The minimum absolute atomic E-state index is 0.0149. The van der Waals surface area contributed by atoms with Crippen LogP contribution in [0.15, 0.2) is 12.5 Å². The van der Waals surface area contributed by atoms with E-state index in [1.54, 1.807) is 6.33 Å². The number of nitrogens with zero attached hydrogens (tertiary/aromatic N) is 4. The molecule has 0 unspecified atom stereocenters. The maximum atomic E-state index is 12.2. The minimum atomic E-state index is -0.0149. The van der Waals surface area contributed by atoms with Crippen molar-refractivity contribution in [3.63, 3.8) is 0 Å². The highest BCUT2D eigenvalue weighted by Crippen LogP contribution is 2.53. The van der Waals surface area contributed by atoms with Crippen LogP contribution >= 0.6 is 11.3 Å². The highest BCUT2D eigenvalue weighted by atomic mass is 32.1. The van der Waals surface area contributed by atoms with Crippen molar-refractivity contribution in [3.8, 4) is 11.3 Å². The summed E-state index contributed by atoms with van der Waals surface area (Å²) < 4.78 is 1.89. The number of pyridine rings is 1. The second-order valence-electron chi connectivity index (χ2n) is 11.2. The molecule has 8 nitrogen and oxygen atoms in total. The van der Waals surface area contributed by atoms with Gasteiger partial charge in [0.2, 0.25) is 5.91 Å². The van der Waals surface area contributed by atoms with Crippen molar-refractivity contribution in [2.75, 3.05) is 26.2 Å². The van der Waals surface area contributed by atoms with E-state index < -0.39 is 0 Å². The number of hydrogen-bond donors (Lipinski definition) is 3. The summed E-state index contributed by atoms with van der Waals surface area (Å²) in [5, 5.41) is 17.6. The molecule has 0 aromatic carbocycles. The molecule has 1 saturated carbocycles. The molecule has 37 heavy (non-hydrogen) atoms. The number of H-pyrrole nitrogens is 1. The number of nitrogens with one attached hydrogen (secondary N) is 2. The Balaban J connectivity index is 1.33. The number of thiophene rings is 1. The number of rotatable bonds is 7. The van der Waals surface area contributed by atoms with Crippen molar-refractivity contribution < 1.29 is 9.90 Å². The molecule has 0 radical (unpaired) electrons. The number of likely N-dealkylation sites (tertiary alicyclic amines) is 1. The summed E-state index contributed by atoms with van der Waals surface area (Å²) >= 11 is 1.93. The molecule has 3 N–H and O–H groups in total. The van der Waals surface area contributed by atoms with Crippen LogP contribution in [-0.2, 0) is 4.79 Å². The number of aromatic amines is 1. The first-order valence-corrected chi connectivity index (χ1v) is 14.2. The molecule has 1 saturated heterocycles. The van der Waals surface area contributed by atoms with Gasteiger partial charge < -0.3 is 15.4 Å². The third-order valence-corrected chi connectivity index (χ3v) is 10.0. The van der Waals surface area contributed by atoms with E-state index in [4.69, 9.17) is 5.11 Å². The van der Waals surface area contributed by atoms with E-state index in [2.05, 4.69) is 66.1 Å². The summed E-state index contributed by atoms with van der Waals surface area (Å²) in [6.45, 7) is 12.9. The van der Waals surface area contributed by atoms with E-state index in [0.717, 1.165) is 24.2 Å². The van der Waals surface area contributed by atoms with Gasteiger partial charge in [-0.25, -0.2) is 9.50 Å². The minimum Gasteiger partial charge on any atom is -0.395 e. The molecular weight excluding hydrogens is 484 g/mol. The van der Waals surface area contributed by atoms with Crippen LogP contribution in [0.5, 0.6) is 0 Å². The molecule has 0 spiro atoms. The Morgan fingerprint density at radius 2 is 2.05 bits per heavy atom. The Bertz CT molecular complexity index is 1500. The van der Waals surface area contributed by atoms with Crippen LogP contribution < -0.4 is 5.32 Å². The lowest BCUT2D eigenvalue weighted by Crippen LogP contribution is -2.42. The number of aliphatic hydroxyl groups is 1. The number of amides is 1. The van der Waals surface area contributed by atoms with Gasteiger partial charge in [-0.05, 0) is 73.6 Å². The van der Waals surface area contributed by atoms with Gasteiger partial charge in [-0.15, -0.1) is 11.3 Å². The highest BCUT2D eigenvalue weighted by Gasteiger charge is 2.46. The predicted molar refractivity (Wildman–Crippen MR) is 147 cm³/mol. The fourth-order valence-electron chi connectivity index (χ4n) is 6.84. The van der Waals surface area contributed by atoms with Gasteiger partial charge >= 0.3 is 0 Å². The highest BCUT2D eigenvalue weighted by molar-refractivity contribution is 7.19. The molecule has 2 aliphatic rings. The number of aromatic nitrogens is 4. The van der Waals surface area contributed by atoms with Crippen molar-refractivity contribution in [1.29, 1.82) is 0 Å². The normalized spacial score (nSPS) is 21.8. The number of hydrogen-bond acceptors (Lipinski definition) is 6. The number of carbonyl (C=O) groups excluding carboxylic acids is 1. The molecule has 9 heteroatoms. The van der Waals surface area contributed by atoms with Gasteiger partial charge in [0.25, 0.3) is 0 Å².